The van der Waals surface area contributed by atoms with Crippen LogP contribution >= 0.6 is 0 Å². The molecule has 132 valence electrons. The molecule has 0 saturated carbocycles. The van der Waals surface area contributed by atoms with Crippen LogP contribution < -0.4 is 5.73 Å². The fraction of sp³-hybridized carbons (Fsp3) is 0.381. The number of amides is 1. The van der Waals surface area contributed by atoms with E-state index >= 15 is 0 Å². The normalized spacial score (nSPS) is 21.4. The molecule has 1 amide bonds. The molecule has 3 atom stereocenters. The second kappa shape index (κ2) is 7.70. The molecule has 1 aromatic carbocycles. The van der Waals surface area contributed by atoms with Gasteiger partial charge in [0.2, 0.25) is 5.91 Å². The van der Waals surface area contributed by atoms with Crippen molar-refractivity contribution in [2.45, 2.75) is 50.2 Å². The molecule has 0 spiro atoms. The highest BCUT2D eigenvalue weighted by molar-refractivity contribution is 5.84. The maximum atomic E-state index is 12.9. The van der Waals surface area contributed by atoms with Gasteiger partial charge < -0.3 is 15.6 Å². The molecule has 0 aliphatic carbocycles. The molecule has 3 rings (SSSR count). The second-order valence-electron chi connectivity index (χ2n) is 6.85. The Hall–Kier alpha value is -2.33. The number of para-hydroxylation sites is 1. The van der Waals surface area contributed by atoms with Crippen LogP contribution in [0.2, 0.25) is 0 Å². The molecule has 3 N–H and O–H groups in total. The molecule has 2 unspecified atom stereocenters. The van der Waals surface area contributed by atoms with Crippen LogP contribution in [0.3, 0.4) is 0 Å². The summed E-state index contributed by atoms with van der Waals surface area (Å²) in [6.45, 7) is 7.56. The monoisotopic (exact) mass is 337 g/mol. The summed E-state index contributed by atoms with van der Waals surface area (Å²) in [5.41, 5.74) is 8.50. The summed E-state index contributed by atoms with van der Waals surface area (Å²) in [6.07, 6.45) is 9.87. The summed E-state index contributed by atoms with van der Waals surface area (Å²) in [4.78, 5) is 18.3. The topological polar surface area (TPSA) is 62.1 Å². The van der Waals surface area contributed by atoms with E-state index in [-0.39, 0.29) is 18.0 Å². The molecule has 2 heterocycles. The number of likely N-dealkylation sites (tertiary alicyclic amines) is 1. The van der Waals surface area contributed by atoms with E-state index in [0.29, 0.717) is 6.42 Å². The van der Waals surface area contributed by atoms with Crippen molar-refractivity contribution in [3.63, 3.8) is 0 Å². The van der Waals surface area contributed by atoms with Gasteiger partial charge in [-0.25, -0.2) is 0 Å². The minimum atomic E-state index is -0.506. The fourth-order valence-electron chi connectivity index (χ4n) is 3.97. The Bertz CT molecular complexity index is 763. The van der Waals surface area contributed by atoms with Gasteiger partial charge >= 0.3 is 0 Å². The molecule has 1 aromatic heterocycles. The Labute approximate surface area is 149 Å². The zero-order valence-corrected chi connectivity index (χ0v) is 14.7. The largest absolute Gasteiger partial charge is 0.361 e. The van der Waals surface area contributed by atoms with Gasteiger partial charge in [0.05, 0.1) is 6.04 Å². The van der Waals surface area contributed by atoms with Crippen molar-refractivity contribution in [2.75, 3.05) is 0 Å². The third-order valence-electron chi connectivity index (χ3n) is 5.18. The minimum Gasteiger partial charge on any atom is -0.361 e. The second-order valence-corrected chi connectivity index (χ2v) is 6.85. The van der Waals surface area contributed by atoms with Crippen molar-refractivity contribution in [1.82, 2.24) is 9.88 Å². The minimum absolute atomic E-state index is 0.0362. The highest BCUT2D eigenvalue weighted by atomic mass is 16.2. The lowest BCUT2D eigenvalue weighted by Gasteiger charge is -2.32. The van der Waals surface area contributed by atoms with Gasteiger partial charge in [0.25, 0.3) is 0 Å². The van der Waals surface area contributed by atoms with Gasteiger partial charge in [0.1, 0.15) is 0 Å². The van der Waals surface area contributed by atoms with E-state index in [0.717, 1.165) is 31.2 Å². The van der Waals surface area contributed by atoms with Crippen LogP contribution in [0, 0.1) is 0 Å². The van der Waals surface area contributed by atoms with Crippen LogP contribution in [0.15, 0.2) is 55.8 Å². The first-order chi connectivity index (χ1) is 12.2. The molecule has 0 bridgehead atoms. The number of aromatic nitrogens is 1. The molecule has 4 heteroatoms. The maximum Gasteiger partial charge on any atom is 0.240 e. The number of nitrogens with one attached hydrogen (secondary N) is 1. The highest BCUT2D eigenvalue weighted by Gasteiger charge is 2.38. The Kier molecular flexibility index (Phi) is 5.39. The van der Waals surface area contributed by atoms with Crippen LogP contribution in [0.4, 0.5) is 0 Å². The molecule has 4 nitrogen and oxygen atoms in total. The summed E-state index contributed by atoms with van der Waals surface area (Å²) in [7, 11) is 0. The molecule has 1 aliphatic heterocycles. The van der Waals surface area contributed by atoms with Gasteiger partial charge in [0, 0.05) is 29.2 Å². The first-order valence-corrected chi connectivity index (χ1v) is 9.00. The maximum absolute atomic E-state index is 12.9. The molecule has 2 aromatic rings. The van der Waals surface area contributed by atoms with Crippen molar-refractivity contribution in [3.05, 3.63) is 61.3 Å². The van der Waals surface area contributed by atoms with Crippen molar-refractivity contribution in [3.8, 4) is 0 Å². The Morgan fingerprint density at radius 1 is 1.28 bits per heavy atom. The SMILES string of the molecule is C=CCC(N)C(=O)N1C(Cc2c[nH]c3ccccc23)CC[C@@H]1CC=C. The lowest BCUT2D eigenvalue weighted by Crippen LogP contribution is -2.49. The number of fused-ring (bicyclic) bond motifs is 1. The van der Waals surface area contributed by atoms with E-state index in [4.69, 9.17) is 5.73 Å². The third-order valence-corrected chi connectivity index (χ3v) is 5.18. The van der Waals surface area contributed by atoms with Gasteiger partial charge in [-0.2, -0.15) is 0 Å². The van der Waals surface area contributed by atoms with Crippen molar-refractivity contribution in [2.24, 2.45) is 5.73 Å². The zero-order valence-electron chi connectivity index (χ0n) is 14.7. The van der Waals surface area contributed by atoms with E-state index in [1.54, 1.807) is 6.08 Å². The van der Waals surface area contributed by atoms with E-state index in [9.17, 15) is 4.79 Å². The van der Waals surface area contributed by atoms with Crippen molar-refractivity contribution < 1.29 is 4.79 Å². The molecule has 1 aliphatic rings. The molecular weight excluding hydrogens is 310 g/mol. The number of carbonyl (C=O) groups excluding carboxylic acids is 1. The zero-order chi connectivity index (χ0) is 17.8. The smallest absolute Gasteiger partial charge is 0.240 e. The molecular formula is C21H27N3O. The van der Waals surface area contributed by atoms with Gasteiger partial charge in [-0.1, -0.05) is 30.4 Å². The average molecular weight is 337 g/mol. The summed E-state index contributed by atoms with van der Waals surface area (Å²) in [5, 5.41) is 1.23. The lowest BCUT2D eigenvalue weighted by molar-refractivity contribution is -0.135. The standard InChI is InChI=1S/C21H27N3O/c1-3-7-16-11-12-17(24(16)21(25)19(22)8-4-2)13-15-14-23-20-10-6-5-9-18(15)20/h3-6,9-10,14,16-17,19,23H,1-2,7-8,11-13,22H2/t16-,17?,19?/m0/s1. The summed E-state index contributed by atoms with van der Waals surface area (Å²) < 4.78 is 0. The van der Waals surface area contributed by atoms with Gasteiger partial charge in [0.15, 0.2) is 0 Å². The van der Waals surface area contributed by atoms with Crippen LogP contribution in [0.5, 0.6) is 0 Å². The van der Waals surface area contributed by atoms with Crippen LogP contribution in [-0.4, -0.2) is 33.9 Å². The number of hydrogen-bond donors (Lipinski definition) is 2. The summed E-state index contributed by atoms with van der Waals surface area (Å²) in [5.74, 6) is 0.0362. The Balaban J connectivity index is 1.84. The highest BCUT2D eigenvalue weighted by Crippen LogP contribution is 2.31. The Morgan fingerprint density at radius 2 is 2.04 bits per heavy atom. The molecule has 0 radical (unpaired) electrons. The van der Waals surface area contributed by atoms with Crippen LogP contribution in [-0.2, 0) is 11.2 Å². The number of carbonyl (C=O) groups is 1. The Morgan fingerprint density at radius 3 is 2.80 bits per heavy atom. The van der Waals surface area contributed by atoms with Gasteiger partial charge in [-0.05, 0) is 43.7 Å². The first kappa shape index (κ1) is 17.5. The number of H-pyrrole nitrogens is 1. The van der Waals surface area contributed by atoms with Crippen LogP contribution in [0.25, 0.3) is 10.9 Å². The average Bonchev–Trinajstić information content (AvgIpc) is 3.20. The van der Waals surface area contributed by atoms with Crippen LogP contribution in [0.1, 0.15) is 31.2 Å². The van der Waals surface area contributed by atoms with Gasteiger partial charge in [-0.3, -0.25) is 4.79 Å². The summed E-state index contributed by atoms with van der Waals surface area (Å²) in [6, 6.07) is 8.18. The van der Waals surface area contributed by atoms with Gasteiger partial charge in [-0.15, -0.1) is 13.2 Å². The quantitative estimate of drug-likeness (QED) is 0.759. The fourth-order valence-corrected chi connectivity index (χ4v) is 3.97. The van der Waals surface area contributed by atoms with E-state index in [1.165, 1.54) is 10.9 Å². The predicted octanol–water partition coefficient (Wildman–Crippen LogP) is 3.55. The third kappa shape index (κ3) is 3.54. The lowest BCUT2D eigenvalue weighted by atomic mass is 10.0. The van der Waals surface area contributed by atoms with E-state index in [2.05, 4.69) is 42.5 Å². The number of nitrogens with two attached hydrogens (primary N) is 1. The van der Waals surface area contributed by atoms with E-state index in [1.807, 2.05) is 17.0 Å². The number of nitrogens with zero attached hydrogens (tertiary/aromatic N) is 1. The van der Waals surface area contributed by atoms with Crippen molar-refractivity contribution >= 4 is 16.8 Å². The van der Waals surface area contributed by atoms with Crippen molar-refractivity contribution in [1.29, 1.82) is 0 Å². The molecule has 25 heavy (non-hydrogen) atoms. The summed E-state index contributed by atoms with van der Waals surface area (Å²) >= 11 is 0. The molecule has 1 saturated heterocycles. The number of aromatic amines is 1. The number of rotatable bonds is 7. The number of hydrogen-bond acceptors (Lipinski definition) is 2. The molecule has 1 fully saturated rings. The predicted molar refractivity (Wildman–Crippen MR) is 103 cm³/mol. The van der Waals surface area contributed by atoms with E-state index < -0.39 is 6.04 Å². The number of benzene rings is 1. The first-order valence-electron chi connectivity index (χ1n) is 9.00.